The van der Waals surface area contributed by atoms with Crippen LogP contribution in [0.4, 0.5) is 0 Å². The molecule has 6 heteroatoms. The first-order valence-corrected chi connectivity index (χ1v) is 13.3. The Balaban J connectivity index is 1.86. The minimum absolute atomic E-state index is 0.0559. The van der Waals surface area contributed by atoms with E-state index >= 15 is 0 Å². The van der Waals surface area contributed by atoms with Gasteiger partial charge in [0.15, 0.2) is 8.32 Å². The Bertz CT molecular complexity index is 664. The van der Waals surface area contributed by atoms with E-state index in [0.29, 0.717) is 18.8 Å². The summed E-state index contributed by atoms with van der Waals surface area (Å²) in [5.74, 6) is -0.552. The second-order valence-electron chi connectivity index (χ2n) is 9.75. The van der Waals surface area contributed by atoms with Gasteiger partial charge >= 0.3 is 5.97 Å². The molecule has 2 fully saturated rings. The van der Waals surface area contributed by atoms with Gasteiger partial charge in [-0.05, 0) is 69.2 Å². The number of carbonyl (C=O) groups is 2. The van der Waals surface area contributed by atoms with Crippen LogP contribution in [0.1, 0.15) is 66.2 Å². The minimum atomic E-state index is -1.89. The Morgan fingerprint density at radius 2 is 1.93 bits per heavy atom. The highest BCUT2D eigenvalue weighted by atomic mass is 28.4. The van der Waals surface area contributed by atoms with Crippen LogP contribution in [0.5, 0.6) is 0 Å². The number of carbonyl (C=O) groups excluding carboxylic acids is 2. The van der Waals surface area contributed by atoms with Crippen LogP contribution in [0, 0.1) is 0 Å². The van der Waals surface area contributed by atoms with Crippen LogP contribution in [0.3, 0.4) is 0 Å². The van der Waals surface area contributed by atoms with Gasteiger partial charge in [-0.25, -0.2) is 4.79 Å². The normalized spacial score (nSPS) is 28.4. The van der Waals surface area contributed by atoms with E-state index in [4.69, 9.17) is 9.16 Å². The minimum Gasteiger partial charge on any atom is -0.462 e. The molecule has 1 saturated heterocycles. The molecule has 0 aromatic heterocycles. The highest BCUT2D eigenvalue weighted by Crippen LogP contribution is 2.53. The predicted molar refractivity (Wildman–Crippen MR) is 108 cm³/mol. The molecule has 2 heterocycles. The van der Waals surface area contributed by atoms with Gasteiger partial charge in [0.25, 0.3) is 5.91 Å². The summed E-state index contributed by atoms with van der Waals surface area (Å²) in [7, 11) is -1.89. The Kier molecular flexibility index (Phi) is 5.36. The number of hydrogen-bond acceptors (Lipinski definition) is 4. The van der Waals surface area contributed by atoms with Gasteiger partial charge in [0.1, 0.15) is 5.57 Å². The van der Waals surface area contributed by atoms with Crippen molar-refractivity contribution in [3.8, 4) is 0 Å². The molecule has 0 aromatic rings. The summed E-state index contributed by atoms with van der Waals surface area (Å²) in [6.45, 7) is 13.9. The summed E-state index contributed by atoms with van der Waals surface area (Å²) in [6, 6.07) is 0.0559. The number of rotatable bonds is 5. The zero-order valence-electron chi connectivity index (χ0n) is 17.8. The van der Waals surface area contributed by atoms with Gasteiger partial charge in [0.2, 0.25) is 0 Å². The van der Waals surface area contributed by atoms with Crippen LogP contribution in [0.25, 0.3) is 0 Å². The maximum absolute atomic E-state index is 13.3. The molecule has 152 valence electrons. The van der Waals surface area contributed by atoms with Crippen molar-refractivity contribution in [3.63, 3.8) is 0 Å². The first kappa shape index (κ1) is 20.6. The first-order valence-electron chi connectivity index (χ1n) is 10.4. The van der Waals surface area contributed by atoms with Crippen molar-refractivity contribution in [1.82, 2.24) is 4.90 Å². The van der Waals surface area contributed by atoms with Crippen molar-refractivity contribution in [1.29, 1.82) is 0 Å². The van der Waals surface area contributed by atoms with E-state index in [9.17, 15) is 9.59 Å². The maximum Gasteiger partial charge on any atom is 0.343 e. The fourth-order valence-electron chi connectivity index (χ4n) is 4.77. The lowest BCUT2D eigenvalue weighted by Gasteiger charge is -2.48. The van der Waals surface area contributed by atoms with E-state index < -0.39 is 14.3 Å². The Labute approximate surface area is 164 Å². The number of nitrogens with zero attached hydrogens (tertiary/aromatic N) is 1. The molecule has 3 aliphatic rings. The van der Waals surface area contributed by atoms with E-state index in [0.717, 1.165) is 44.1 Å². The Hall–Kier alpha value is -1.14. The van der Waals surface area contributed by atoms with Crippen LogP contribution in [0.2, 0.25) is 18.1 Å². The smallest absolute Gasteiger partial charge is 0.343 e. The van der Waals surface area contributed by atoms with Crippen molar-refractivity contribution in [3.05, 3.63) is 11.1 Å². The van der Waals surface area contributed by atoms with Crippen molar-refractivity contribution >= 4 is 20.2 Å². The monoisotopic (exact) mass is 393 g/mol. The number of hydrogen-bond donors (Lipinski definition) is 0. The van der Waals surface area contributed by atoms with E-state index in [-0.39, 0.29) is 22.5 Å². The van der Waals surface area contributed by atoms with Gasteiger partial charge < -0.3 is 14.1 Å². The van der Waals surface area contributed by atoms with Crippen LogP contribution in [-0.2, 0) is 18.8 Å². The lowest BCUT2D eigenvalue weighted by atomic mass is 9.81. The van der Waals surface area contributed by atoms with Crippen molar-refractivity contribution in [2.24, 2.45) is 0 Å². The molecule has 2 atom stereocenters. The van der Waals surface area contributed by atoms with Gasteiger partial charge in [-0.2, -0.15) is 0 Å². The molecule has 1 amide bonds. The molecule has 2 aliphatic heterocycles. The van der Waals surface area contributed by atoms with E-state index in [1.807, 2.05) is 4.90 Å². The molecular weight excluding hydrogens is 358 g/mol. The fraction of sp³-hybridized carbons (Fsp3) is 0.810. The average Bonchev–Trinajstić information content (AvgIpc) is 3.05. The standard InChI is InChI=1S/C21H35NO4Si/c1-7-25-19(24)17-16-11-9-13-21(16)12-8-10-15(22(21)18(17)23)14-26-27(5,6)20(2,3)4/h15H,7-14H2,1-6H3/t15-,21-/m1/s1. The number of esters is 1. The number of amides is 1. The predicted octanol–water partition coefficient (Wildman–Crippen LogP) is 4.19. The first-order chi connectivity index (χ1) is 12.5. The van der Waals surface area contributed by atoms with Crippen molar-refractivity contribution in [2.75, 3.05) is 13.2 Å². The van der Waals surface area contributed by atoms with Gasteiger partial charge in [-0.1, -0.05) is 20.8 Å². The molecule has 0 bridgehead atoms. The van der Waals surface area contributed by atoms with Crippen LogP contribution in [0.15, 0.2) is 11.1 Å². The zero-order chi connectivity index (χ0) is 20.0. The summed E-state index contributed by atoms with van der Waals surface area (Å²) in [6.07, 6.45) is 5.84. The van der Waals surface area contributed by atoms with Crippen LogP contribution < -0.4 is 0 Å². The zero-order valence-corrected chi connectivity index (χ0v) is 18.8. The molecule has 27 heavy (non-hydrogen) atoms. The third-order valence-electron chi connectivity index (χ3n) is 7.19. The van der Waals surface area contributed by atoms with E-state index in [1.165, 1.54) is 0 Å². The third kappa shape index (κ3) is 3.29. The number of piperidine rings is 1. The average molecular weight is 394 g/mol. The lowest BCUT2D eigenvalue weighted by Crippen LogP contribution is -2.57. The van der Waals surface area contributed by atoms with Crippen molar-refractivity contribution < 1.29 is 18.8 Å². The molecule has 1 aliphatic carbocycles. The van der Waals surface area contributed by atoms with E-state index in [2.05, 4.69) is 33.9 Å². The topological polar surface area (TPSA) is 55.8 Å². The highest BCUT2D eigenvalue weighted by Gasteiger charge is 2.58. The summed E-state index contributed by atoms with van der Waals surface area (Å²) < 4.78 is 11.7. The van der Waals surface area contributed by atoms with Gasteiger partial charge in [-0.15, -0.1) is 0 Å². The summed E-state index contributed by atoms with van der Waals surface area (Å²) in [5.41, 5.74) is 1.12. The molecule has 1 spiro atoms. The summed E-state index contributed by atoms with van der Waals surface area (Å²) in [5, 5.41) is 0.140. The molecule has 0 N–H and O–H groups in total. The summed E-state index contributed by atoms with van der Waals surface area (Å²) >= 11 is 0. The molecular formula is C21H35NO4Si. The third-order valence-corrected chi connectivity index (χ3v) is 11.7. The fourth-order valence-corrected chi connectivity index (χ4v) is 5.81. The second kappa shape index (κ2) is 7.03. The molecule has 0 unspecified atom stereocenters. The molecule has 0 aromatic carbocycles. The largest absolute Gasteiger partial charge is 0.462 e. The van der Waals surface area contributed by atoms with Crippen LogP contribution in [-0.4, -0.2) is 49.9 Å². The number of ether oxygens (including phenoxy) is 1. The quantitative estimate of drug-likeness (QED) is 0.399. The molecule has 1 saturated carbocycles. The maximum atomic E-state index is 13.3. The molecule has 0 radical (unpaired) electrons. The summed E-state index contributed by atoms with van der Waals surface area (Å²) in [4.78, 5) is 27.9. The van der Waals surface area contributed by atoms with Gasteiger partial charge in [0, 0.05) is 0 Å². The lowest BCUT2D eigenvalue weighted by molar-refractivity contribution is -0.144. The van der Waals surface area contributed by atoms with Gasteiger partial charge in [-0.3, -0.25) is 4.79 Å². The van der Waals surface area contributed by atoms with Crippen LogP contribution >= 0.6 is 0 Å². The molecule has 3 rings (SSSR count). The second-order valence-corrected chi connectivity index (χ2v) is 14.6. The molecule has 5 nitrogen and oxygen atoms in total. The Morgan fingerprint density at radius 1 is 1.26 bits per heavy atom. The SMILES string of the molecule is CCOC(=O)C1=C2CCC[C@]23CCC[C@H](CO[Si](C)(C)C(C)(C)C)N3C1=O. The van der Waals surface area contributed by atoms with E-state index in [1.54, 1.807) is 6.92 Å². The highest BCUT2D eigenvalue weighted by molar-refractivity contribution is 6.74. The Morgan fingerprint density at radius 3 is 2.56 bits per heavy atom. The van der Waals surface area contributed by atoms with Crippen molar-refractivity contribution in [2.45, 2.75) is 95.9 Å². The van der Waals surface area contributed by atoms with Gasteiger partial charge in [0.05, 0.1) is 24.8 Å².